The molecule has 4 rings (SSSR count). The van der Waals surface area contributed by atoms with Gasteiger partial charge in [0.1, 0.15) is 5.82 Å². The lowest BCUT2D eigenvalue weighted by Gasteiger charge is -2.01. The molecule has 0 unspecified atom stereocenters. The maximum absolute atomic E-state index is 13.2. The van der Waals surface area contributed by atoms with Crippen molar-refractivity contribution in [3.8, 4) is 11.4 Å². The number of primary sulfonamides is 1. The molecule has 1 fully saturated rings. The minimum Gasteiger partial charge on any atom is -0.339 e. The molecule has 0 saturated heterocycles. The van der Waals surface area contributed by atoms with Gasteiger partial charge in [0, 0.05) is 17.7 Å². The predicted molar refractivity (Wildman–Crippen MR) is 85.4 cm³/mol. The molecular weight excluding hydrogens is 347 g/mol. The lowest BCUT2D eigenvalue weighted by Crippen LogP contribution is -2.11. The van der Waals surface area contributed by atoms with E-state index >= 15 is 0 Å². The lowest BCUT2D eigenvalue weighted by molar-refractivity contribution is 0.378. The monoisotopic (exact) mass is 360 g/mol. The van der Waals surface area contributed by atoms with Crippen LogP contribution in [0.4, 0.5) is 4.39 Å². The van der Waals surface area contributed by atoms with Crippen LogP contribution >= 0.6 is 0 Å². The number of aromatic nitrogens is 3. The number of pyridine rings is 1. The SMILES string of the molecule is NS(=O)(=O)c1ccc([C@@H]2C[C@H]2c2nc(-c3cncc(F)c3)no2)cc1. The van der Waals surface area contributed by atoms with E-state index in [1.807, 2.05) is 0 Å². The standard InChI is InChI=1S/C16H13FN4O3S/c17-11-5-10(7-19-8-11)15-20-16(24-21-15)14-6-13(14)9-1-3-12(4-2-9)25(18,22)23/h1-5,7-8,13-14H,6H2,(H2,18,22,23)/t13-,14+/m0/s1. The van der Waals surface area contributed by atoms with E-state index in [1.165, 1.54) is 24.4 Å². The molecule has 0 bridgehead atoms. The Hall–Kier alpha value is -2.65. The summed E-state index contributed by atoms with van der Waals surface area (Å²) in [6, 6.07) is 7.73. The first kappa shape index (κ1) is 15.9. The quantitative estimate of drug-likeness (QED) is 0.763. The van der Waals surface area contributed by atoms with Gasteiger partial charge in [-0.3, -0.25) is 4.98 Å². The fraction of sp³-hybridized carbons (Fsp3) is 0.188. The van der Waals surface area contributed by atoms with Crippen molar-refractivity contribution in [2.24, 2.45) is 5.14 Å². The number of benzene rings is 1. The van der Waals surface area contributed by atoms with Gasteiger partial charge in [-0.15, -0.1) is 0 Å². The minimum absolute atomic E-state index is 0.0584. The first-order chi connectivity index (χ1) is 11.9. The fourth-order valence-electron chi connectivity index (χ4n) is 2.78. The molecule has 128 valence electrons. The molecule has 2 N–H and O–H groups in total. The number of rotatable bonds is 4. The molecule has 0 amide bonds. The van der Waals surface area contributed by atoms with E-state index in [1.54, 1.807) is 12.1 Å². The highest BCUT2D eigenvalue weighted by Gasteiger charge is 2.43. The molecule has 2 aromatic heterocycles. The van der Waals surface area contributed by atoms with E-state index in [0.717, 1.165) is 18.2 Å². The van der Waals surface area contributed by atoms with Crippen LogP contribution in [-0.2, 0) is 10.0 Å². The Bertz CT molecular complexity index is 1030. The van der Waals surface area contributed by atoms with E-state index in [0.29, 0.717) is 11.5 Å². The van der Waals surface area contributed by atoms with Crippen LogP contribution < -0.4 is 5.14 Å². The van der Waals surface area contributed by atoms with Gasteiger partial charge in [-0.05, 0) is 36.1 Å². The molecule has 25 heavy (non-hydrogen) atoms. The van der Waals surface area contributed by atoms with Crippen molar-refractivity contribution in [1.29, 1.82) is 0 Å². The summed E-state index contributed by atoms with van der Waals surface area (Å²) < 4.78 is 41.1. The van der Waals surface area contributed by atoms with E-state index in [-0.39, 0.29) is 22.6 Å². The van der Waals surface area contributed by atoms with Gasteiger partial charge < -0.3 is 4.52 Å². The molecule has 1 saturated carbocycles. The molecule has 1 aliphatic carbocycles. The number of sulfonamides is 1. The Morgan fingerprint density at radius 1 is 1.16 bits per heavy atom. The molecule has 3 aromatic rings. The molecule has 1 aliphatic rings. The second-order valence-corrected chi connectivity index (χ2v) is 7.47. The van der Waals surface area contributed by atoms with Gasteiger partial charge in [0.05, 0.1) is 11.1 Å². The molecule has 7 nitrogen and oxygen atoms in total. The minimum atomic E-state index is -3.70. The van der Waals surface area contributed by atoms with Crippen molar-refractivity contribution in [2.75, 3.05) is 0 Å². The third kappa shape index (κ3) is 3.15. The third-order valence-electron chi connectivity index (χ3n) is 4.15. The van der Waals surface area contributed by atoms with Gasteiger partial charge in [-0.25, -0.2) is 17.9 Å². The topological polar surface area (TPSA) is 112 Å². The second kappa shape index (κ2) is 5.71. The highest BCUT2D eigenvalue weighted by molar-refractivity contribution is 7.89. The maximum atomic E-state index is 13.2. The summed E-state index contributed by atoms with van der Waals surface area (Å²) in [6.45, 7) is 0. The molecule has 1 aromatic carbocycles. The Kier molecular flexibility index (Phi) is 3.62. The zero-order chi connectivity index (χ0) is 17.6. The molecule has 2 atom stereocenters. The van der Waals surface area contributed by atoms with Gasteiger partial charge in [0.25, 0.3) is 0 Å². The van der Waals surface area contributed by atoms with E-state index in [2.05, 4.69) is 15.1 Å². The highest BCUT2D eigenvalue weighted by Crippen LogP contribution is 2.54. The van der Waals surface area contributed by atoms with Crippen molar-refractivity contribution in [3.05, 3.63) is 60.0 Å². The summed E-state index contributed by atoms with van der Waals surface area (Å²) in [5, 5.41) is 8.97. The van der Waals surface area contributed by atoms with Gasteiger partial charge in [-0.2, -0.15) is 4.98 Å². The summed E-state index contributed by atoms with van der Waals surface area (Å²) in [7, 11) is -3.70. The molecule has 9 heteroatoms. The molecular formula is C16H13FN4O3S. The van der Waals surface area contributed by atoms with Crippen LogP contribution in [0.1, 0.15) is 29.7 Å². The second-order valence-electron chi connectivity index (χ2n) is 5.91. The van der Waals surface area contributed by atoms with Crippen molar-refractivity contribution in [3.63, 3.8) is 0 Å². The summed E-state index contributed by atoms with van der Waals surface area (Å²) in [4.78, 5) is 8.16. The molecule has 0 radical (unpaired) electrons. The largest absolute Gasteiger partial charge is 0.339 e. The van der Waals surface area contributed by atoms with Gasteiger partial charge >= 0.3 is 0 Å². The smallest absolute Gasteiger partial charge is 0.238 e. The van der Waals surface area contributed by atoms with Crippen LogP contribution in [0.25, 0.3) is 11.4 Å². The average molecular weight is 360 g/mol. The molecule has 0 spiro atoms. The summed E-state index contributed by atoms with van der Waals surface area (Å²) in [5.74, 6) is 0.525. The lowest BCUT2D eigenvalue weighted by atomic mass is 10.1. The normalized spacial score (nSPS) is 19.8. The van der Waals surface area contributed by atoms with Crippen LogP contribution in [0.3, 0.4) is 0 Å². The summed E-state index contributed by atoms with van der Waals surface area (Å²) in [5.41, 5.74) is 1.43. The van der Waals surface area contributed by atoms with E-state index in [9.17, 15) is 12.8 Å². The zero-order valence-electron chi connectivity index (χ0n) is 12.8. The zero-order valence-corrected chi connectivity index (χ0v) is 13.6. The van der Waals surface area contributed by atoms with Crippen molar-refractivity contribution in [1.82, 2.24) is 15.1 Å². The van der Waals surface area contributed by atoms with Gasteiger partial charge in [0.15, 0.2) is 0 Å². The molecule has 0 aliphatic heterocycles. The van der Waals surface area contributed by atoms with Crippen molar-refractivity contribution >= 4 is 10.0 Å². The van der Waals surface area contributed by atoms with Crippen LogP contribution in [0.2, 0.25) is 0 Å². The Balaban J connectivity index is 1.52. The summed E-state index contributed by atoms with van der Waals surface area (Å²) >= 11 is 0. The maximum Gasteiger partial charge on any atom is 0.238 e. The predicted octanol–water partition coefficient (Wildman–Crippen LogP) is 2.19. The van der Waals surface area contributed by atoms with Crippen LogP contribution in [-0.4, -0.2) is 23.5 Å². The highest BCUT2D eigenvalue weighted by atomic mass is 32.2. The van der Waals surface area contributed by atoms with Gasteiger partial charge in [-0.1, -0.05) is 17.3 Å². The Labute approximate surface area is 142 Å². The third-order valence-corrected chi connectivity index (χ3v) is 5.08. The van der Waals surface area contributed by atoms with Crippen LogP contribution in [0.5, 0.6) is 0 Å². The fourth-order valence-corrected chi connectivity index (χ4v) is 3.29. The number of hydrogen-bond acceptors (Lipinski definition) is 6. The van der Waals surface area contributed by atoms with E-state index < -0.39 is 15.8 Å². The first-order valence-corrected chi connectivity index (χ1v) is 9.04. The summed E-state index contributed by atoms with van der Waals surface area (Å²) in [6.07, 6.45) is 3.39. The van der Waals surface area contributed by atoms with E-state index in [4.69, 9.17) is 9.66 Å². The van der Waals surface area contributed by atoms with Crippen molar-refractivity contribution < 1.29 is 17.3 Å². The number of nitrogens with two attached hydrogens (primary N) is 1. The number of nitrogens with zero attached hydrogens (tertiary/aromatic N) is 3. The number of hydrogen-bond donors (Lipinski definition) is 1. The number of halogens is 1. The average Bonchev–Trinajstić information content (AvgIpc) is 3.22. The molecule has 2 heterocycles. The van der Waals surface area contributed by atoms with Crippen LogP contribution in [0, 0.1) is 5.82 Å². The Morgan fingerprint density at radius 2 is 1.92 bits per heavy atom. The van der Waals surface area contributed by atoms with Crippen LogP contribution in [0.15, 0.2) is 52.1 Å². The first-order valence-electron chi connectivity index (χ1n) is 7.49. The van der Waals surface area contributed by atoms with Crippen molar-refractivity contribution in [2.45, 2.75) is 23.2 Å². The Morgan fingerprint density at radius 3 is 2.60 bits per heavy atom. The van der Waals surface area contributed by atoms with Gasteiger partial charge in [0.2, 0.25) is 21.7 Å².